The van der Waals surface area contributed by atoms with Crippen molar-refractivity contribution in [3.63, 3.8) is 0 Å². The van der Waals surface area contributed by atoms with Gasteiger partial charge in [0.15, 0.2) is 0 Å². The highest BCUT2D eigenvalue weighted by Gasteiger charge is 2.19. The van der Waals surface area contributed by atoms with Crippen molar-refractivity contribution in [3.8, 4) is 11.5 Å². The van der Waals surface area contributed by atoms with E-state index >= 15 is 0 Å². The second-order valence-electron chi connectivity index (χ2n) is 6.68. The van der Waals surface area contributed by atoms with Crippen molar-refractivity contribution in [1.82, 2.24) is 9.88 Å². The number of carbonyl (C=O) groups excluding carboxylic acids is 1. The van der Waals surface area contributed by atoms with Gasteiger partial charge in [0.25, 0.3) is 5.91 Å². The fraction of sp³-hybridized carbons (Fsp3) is 0.348. The molecule has 0 atom stereocenters. The third-order valence-corrected chi connectivity index (χ3v) is 4.99. The summed E-state index contributed by atoms with van der Waals surface area (Å²) in [6.45, 7) is 7.97. The highest BCUT2D eigenvalue weighted by Crippen LogP contribution is 2.29. The van der Waals surface area contributed by atoms with Crippen molar-refractivity contribution in [1.29, 1.82) is 0 Å². The number of ether oxygens (including phenoxy) is 2. The Morgan fingerprint density at radius 3 is 2.43 bits per heavy atom. The van der Waals surface area contributed by atoms with Crippen LogP contribution in [0.5, 0.6) is 11.5 Å². The molecule has 148 valence electrons. The van der Waals surface area contributed by atoms with Gasteiger partial charge in [0.1, 0.15) is 17.2 Å². The van der Waals surface area contributed by atoms with Gasteiger partial charge >= 0.3 is 0 Å². The number of carbonyl (C=O) groups is 1. The maximum atomic E-state index is 12.9. The molecule has 1 amide bonds. The van der Waals surface area contributed by atoms with Crippen molar-refractivity contribution >= 4 is 16.8 Å². The van der Waals surface area contributed by atoms with Crippen molar-refractivity contribution in [2.75, 3.05) is 20.3 Å². The van der Waals surface area contributed by atoms with Gasteiger partial charge in [0, 0.05) is 24.0 Å². The summed E-state index contributed by atoms with van der Waals surface area (Å²) in [6.07, 6.45) is 0.773. The molecule has 28 heavy (non-hydrogen) atoms. The normalized spacial score (nSPS) is 10.9. The first-order valence-electron chi connectivity index (χ1n) is 9.75. The Labute approximate surface area is 166 Å². The number of nitrogens with one attached hydrogen (secondary N) is 1. The lowest BCUT2D eigenvalue weighted by Gasteiger charge is -2.10. The van der Waals surface area contributed by atoms with Crippen molar-refractivity contribution in [2.45, 2.75) is 33.7 Å². The molecule has 0 radical (unpaired) electrons. The van der Waals surface area contributed by atoms with Gasteiger partial charge in [-0.3, -0.25) is 4.79 Å². The zero-order valence-electron chi connectivity index (χ0n) is 17.0. The fourth-order valence-corrected chi connectivity index (χ4v) is 3.58. The van der Waals surface area contributed by atoms with Crippen molar-refractivity contribution in [3.05, 3.63) is 59.3 Å². The van der Waals surface area contributed by atoms with Crippen LogP contribution in [0, 0.1) is 6.92 Å². The lowest BCUT2D eigenvalue weighted by molar-refractivity contribution is 0.0945. The number of methoxy groups -OCH3 is 1. The van der Waals surface area contributed by atoms with Gasteiger partial charge in [-0.15, -0.1) is 0 Å². The summed E-state index contributed by atoms with van der Waals surface area (Å²) in [5.41, 5.74) is 3.93. The van der Waals surface area contributed by atoms with E-state index in [9.17, 15) is 4.79 Å². The molecule has 3 rings (SSSR count). The standard InChI is InChI=1S/C23H28N2O3/c1-5-25-21-12-11-19(28-6-2)15-20(21)16(3)22(25)23(26)24-14-13-17-7-9-18(27-4)10-8-17/h7-12,15H,5-6,13-14H2,1-4H3,(H,24,26). The van der Waals surface area contributed by atoms with E-state index in [0.29, 0.717) is 13.2 Å². The van der Waals surface area contributed by atoms with Gasteiger partial charge < -0.3 is 19.4 Å². The molecule has 1 N–H and O–H groups in total. The zero-order valence-corrected chi connectivity index (χ0v) is 17.0. The van der Waals surface area contributed by atoms with Crippen LogP contribution in [-0.2, 0) is 13.0 Å². The topological polar surface area (TPSA) is 52.5 Å². The second-order valence-corrected chi connectivity index (χ2v) is 6.68. The minimum atomic E-state index is -0.0398. The molecule has 0 fully saturated rings. The molecule has 0 aliphatic carbocycles. The molecule has 0 saturated carbocycles. The van der Waals surface area contributed by atoms with E-state index in [-0.39, 0.29) is 5.91 Å². The van der Waals surface area contributed by atoms with Crippen LogP contribution >= 0.6 is 0 Å². The van der Waals surface area contributed by atoms with E-state index in [2.05, 4.69) is 16.8 Å². The molecular formula is C23H28N2O3. The molecule has 0 unspecified atom stereocenters. The summed E-state index contributed by atoms with van der Waals surface area (Å²) in [4.78, 5) is 12.9. The number of benzene rings is 2. The average Bonchev–Trinajstić information content (AvgIpc) is 3.00. The molecule has 1 heterocycles. The smallest absolute Gasteiger partial charge is 0.268 e. The Morgan fingerprint density at radius 1 is 1.07 bits per heavy atom. The van der Waals surface area contributed by atoms with Crippen LogP contribution < -0.4 is 14.8 Å². The summed E-state index contributed by atoms with van der Waals surface area (Å²) in [5.74, 6) is 1.63. The van der Waals surface area contributed by atoms with E-state index in [1.165, 1.54) is 0 Å². The molecule has 0 aliphatic heterocycles. The number of hydrogen-bond acceptors (Lipinski definition) is 3. The number of aromatic nitrogens is 1. The van der Waals surface area contributed by atoms with Gasteiger partial charge in [0.05, 0.1) is 13.7 Å². The molecule has 2 aromatic carbocycles. The van der Waals surface area contributed by atoms with Gasteiger partial charge in [-0.05, 0) is 68.7 Å². The number of amides is 1. The van der Waals surface area contributed by atoms with Crippen LogP contribution in [0.2, 0.25) is 0 Å². The quantitative estimate of drug-likeness (QED) is 0.632. The van der Waals surface area contributed by atoms with Crippen LogP contribution in [-0.4, -0.2) is 30.7 Å². The maximum Gasteiger partial charge on any atom is 0.268 e. The molecule has 1 aromatic heterocycles. The van der Waals surface area contributed by atoms with E-state index in [1.807, 2.05) is 56.3 Å². The fourth-order valence-electron chi connectivity index (χ4n) is 3.58. The molecule has 5 heteroatoms. The Morgan fingerprint density at radius 2 is 1.79 bits per heavy atom. The Hall–Kier alpha value is -2.95. The van der Waals surface area contributed by atoms with Crippen LogP contribution in [0.1, 0.15) is 35.5 Å². The number of hydrogen-bond donors (Lipinski definition) is 1. The lowest BCUT2D eigenvalue weighted by Crippen LogP contribution is -2.28. The van der Waals surface area contributed by atoms with Crippen LogP contribution in [0.3, 0.4) is 0 Å². The monoisotopic (exact) mass is 380 g/mol. The predicted octanol–water partition coefficient (Wildman–Crippen LogP) is 4.35. The summed E-state index contributed by atoms with van der Waals surface area (Å²) < 4.78 is 12.9. The molecule has 3 aromatic rings. The van der Waals surface area contributed by atoms with E-state index in [1.54, 1.807) is 7.11 Å². The highest BCUT2D eigenvalue weighted by molar-refractivity contribution is 6.02. The van der Waals surface area contributed by atoms with E-state index in [4.69, 9.17) is 9.47 Å². The molecule has 0 spiro atoms. The third-order valence-electron chi connectivity index (χ3n) is 4.99. The number of nitrogens with zero attached hydrogens (tertiary/aromatic N) is 1. The number of aryl methyl sites for hydroxylation is 2. The minimum absolute atomic E-state index is 0.0398. The Kier molecular flexibility index (Phi) is 6.24. The van der Waals surface area contributed by atoms with E-state index < -0.39 is 0 Å². The van der Waals surface area contributed by atoms with Crippen LogP contribution in [0.15, 0.2) is 42.5 Å². The first kappa shape index (κ1) is 19.8. The summed E-state index contributed by atoms with van der Waals surface area (Å²) in [7, 11) is 1.65. The zero-order chi connectivity index (χ0) is 20.1. The minimum Gasteiger partial charge on any atom is -0.497 e. The lowest BCUT2D eigenvalue weighted by atomic mass is 10.1. The molecular weight excluding hydrogens is 352 g/mol. The third kappa shape index (κ3) is 3.98. The molecule has 5 nitrogen and oxygen atoms in total. The molecule has 0 bridgehead atoms. The van der Waals surface area contributed by atoms with Crippen LogP contribution in [0.25, 0.3) is 10.9 Å². The molecule has 0 saturated heterocycles. The maximum absolute atomic E-state index is 12.9. The van der Waals surface area contributed by atoms with Gasteiger partial charge in [-0.2, -0.15) is 0 Å². The predicted molar refractivity (Wildman–Crippen MR) is 113 cm³/mol. The van der Waals surface area contributed by atoms with Gasteiger partial charge in [-0.1, -0.05) is 12.1 Å². The number of rotatable bonds is 8. The first-order valence-corrected chi connectivity index (χ1v) is 9.75. The van der Waals surface area contributed by atoms with Crippen molar-refractivity contribution in [2.24, 2.45) is 0 Å². The van der Waals surface area contributed by atoms with Gasteiger partial charge in [-0.25, -0.2) is 0 Å². The summed E-state index contributed by atoms with van der Waals surface area (Å²) >= 11 is 0. The summed E-state index contributed by atoms with van der Waals surface area (Å²) in [5, 5.41) is 4.13. The molecule has 0 aliphatic rings. The Bertz CT molecular complexity index is 958. The van der Waals surface area contributed by atoms with Gasteiger partial charge in [0.2, 0.25) is 0 Å². The second kappa shape index (κ2) is 8.83. The highest BCUT2D eigenvalue weighted by atomic mass is 16.5. The Balaban J connectivity index is 1.77. The number of fused-ring (bicyclic) bond motifs is 1. The first-order chi connectivity index (χ1) is 13.6. The van der Waals surface area contributed by atoms with Crippen molar-refractivity contribution < 1.29 is 14.3 Å². The summed E-state index contributed by atoms with van der Waals surface area (Å²) in [6, 6.07) is 13.9. The van der Waals surface area contributed by atoms with E-state index in [0.717, 1.165) is 52.2 Å². The van der Waals surface area contributed by atoms with Crippen LogP contribution in [0.4, 0.5) is 0 Å². The SMILES string of the molecule is CCOc1ccc2c(c1)c(C)c(C(=O)NCCc1ccc(OC)cc1)n2CC. The largest absolute Gasteiger partial charge is 0.497 e. The average molecular weight is 380 g/mol.